The number of hydrogen-bond acceptors (Lipinski definition) is 3. The van der Waals surface area contributed by atoms with Crippen LogP contribution in [0, 0.1) is 16.5 Å². The number of nitrogens with zero attached hydrogens (tertiary/aromatic N) is 2. The molecule has 4 nitrogen and oxygen atoms in total. The van der Waals surface area contributed by atoms with Crippen LogP contribution >= 0.6 is 0 Å². The summed E-state index contributed by atoms with van der Waals surface area (Å²) >= 11 is 0. The van der Waals surface area contributed by atoms with Gasteiger partial charge in [0.15, 0.2) is 0 Å². The zero-order valence-corrected chi connectivity index (χ0v) is 7.70. The van der Waals surface area contributed by atoms with Crippen LogP contribution < -0.4 is 0 Å². The average molecular weight is 170 g/mol. The predicted octanol–water partition coefficient (Wildman–Crippen LogP) is 0.632. The van der Waals surface area contributed by atoms with Crippen molar-refractivity contribution in [1.29, 1.82) is 5.26 Å². The summed E-state index contributed by atoms with van der Waals surface area (Å²) < 4.78 is 4.76. The minimum Gasteiger partial charge on any atom is -0.632 e. The Morgan fingerprint density at radius 1 is 1.75 bits per heavy atom. The van der Waals surface area contributed by atoms with E-state index in [4.69, 9.17) is 10.00 Å². The van der Waals surface area contributed by atoms with Crippen molar-refractivity contribution in [1.82, 2.24) is 0 Å². The molecule has 0 aromatic heterocycles. The summed E-state index contributed by atoms with van der Waals surface area (Å²) in [7, 11) is 1.53. The van der Waals surface area contributed by atoms with Gasteiger partial charge in [-0.2, -0.15) is 5.26 Å². The van der Waals surface area contributed by atoms with Gasteiger partial charge in [-0.1, -0.05) is 0 Å². The van der Waals surface area contributed by atoms with Crippen molar-refractivity contribution in [3.8, 4) is 6.07 Å². The second-order valence-corrected chi connectivity index (χ2v) is 3.60. The largest absolute Gasteiger partial charge is 0.632 e. The molecule has 1 fully saturated rings. The van der Waals surface area contributed by atoms with Crippen molar-refractivity contribution in [3.05, 3.63) is 5.21 Å². The molecular weight excluding hydrogens is 156 g/mol. The van der Waals surface area contributed by atoms with Crippen LogP contribution in [0.15, 0.2) is 0 Å². The highest BCUT2D eigenvalue weighted by Crippen LogP contribution is 2.30. The Hall–Kier alpha value is -0.630. The van der Waals surface area contributed by atoms with Gasteiger partial charge in [0.1, 0.15) is 18.7 Å². The minimum absolute atomic E-state index is 0.293. The number of morpholine rings is 1. The standard InChI is InChI=1S/C8H14N2O2/c1-7-8(2,6-9)10(3,11)4-5-12-7/h7H,4-5H2,1-3H3. The van der Waals surface area contributed by atoms with Gasteiger partial charge in [-0.25, -0.2) is 0 Å². The van der Waals surface area contributed by atoms with Crippen molar-refractivity contribution in [2.75, 3.05) is 20.2 Å². The molecule has 0 radical (unpaired) electrons. The average Bonchev–Trinajstić information content (AvgIpc) is 2.00. The third kappa shape index (κ3) is 1.11. The highest BCUT2D eigenvalue weighted by atomic mass is 16.6. The number of ether oxygens (including phenoxy) is 1. The first kappa shape index (κ1) is 9.46. The molecule has 0 saturated carbocycles. The molecule has 4 heteroatoms. The second-order valence-electron chi connectivity index (χ2n) is 3.60. The van der Waals surface area contributed by atoms with Crippen LogP contribution in [0.25, 0.3) is 0 Å². The van der Waals surface area contributed by atoms with Gasteiger partial charge in [0, 0.05) is 6.92 Å². The molecule has 1 aliphatic heterocycles. The molecule has 3 unspecified atom stereocenters. The highest BCUT2D eigenvalue weighted by Gasteiger charge is 2.47. The first-order valence-corrected chi connectivity index (χ1v) is 4.03. The van der Waals surface area contributed by atoms with E-state index in [1.807, 2.05) is 0 Å². The number of hydrogen-bond donors (Lipinski definition) is 0. The van der Waals surface area contributed by atoms with E-state index in [9.17, 15) is 5.21 Å². The number of hydroxylamine groups is 3. The Balaban J connectivity index is 2.98. The SMILES string of the molecule is CC1OCC[N+](C)([O-])C1(C)C#N. The Bertz CT molecular complexity index is 222. The van der Waals surface area contributed by atoms with Crippen LogP contribution in [0.2, 0.25) is 0 Å². The monoisotopic (exact) mass is 170 g/mol. The summed E-state index contributed by atoms with van der Waals surface area (Å²) in [6, 6.07) is 2.06. The van der Waals surface area contributed by atoms with E-state index in [1.54, 1.807) is 13.8 Å². The van der Waals surface area contributed by atoms with Crippen LogP contribution in [0.1, 0.15) is 13.8 Å². The van der Waals surface area contributed by atoms with Gasteiger partial charge in [-0.3, -0.25) is 0 Å². The molecule has 0 aromatic rings. The molecule has 0 aromatic carbocycles. The zero-order chi connectivity index (χ0) is 9.41. The molecule has 3 atom stereocenters. The van der Waals surface area contributed by atoms with Gasteiger partial charge in [-0.15, -0.1) is 0 Å². The van der Waals surface area contributed by atoms with E-state index in [1.165, 1.54) is 7.05 Å². The second kappa shape index (κ2) is 2.70. The van der Waals surface area contributed by atoms with Gasteiger partial charge in [0.05, 0.1) is 13.7 Å². The molecule has 0 amide bonds. The van der Waals surface area contributed by atoms with Crippen molar-refractivity contribution in [3.63, 3.8) is 0 Å². The van der Waals surface area contributed by atoms with Gasteiger partial charge in [0.25, 0.3) is 0 Å². The molecule has 1 saturated heterocycles. The van der Waals surface area contributed by atoms with Crippen LogP contribution in [0.4, 0.5) is 0 Å². The highest BCUT2D eigenvalue weighted by molar-refractivity contribution is 5.04. The van der Waals surface area contributed by atoms with Crippen LogP contribution in [-0.2, 0) is 4.74 Å². The van der Waals surface area contributed by atoms with Crippen LogP contribution in [-0.4, -0.2) is 36.5 Å². The molecule has 12 heavy (non-hydrogen) atoms. The van der Waals surface area contributed by atoms with Crippen molar-refractivity contribution in [2.24, 2.45) is 0 Å². The number of rotatable bonds is 0. The van der Waals surface area contributed by atoms with Gasteiger partial charge >= 0.3 is 0 Å². The van der Waals surface area contributed by atoms with Gasteiger partial charge in [-0.05, 0) is 6.92 Å². The lowest BCUT2D eigenvalue weighted by Gasteiger charge is -2.54. The third-order valence-corrected chi connectivity index (χ3v) is 2.89. The van der Waals surface area contributed by atoms with Crippen molar-refractivity contribution >= 4 is 0 Å². The molecule has 68 valence electrons. The fourth-order valence-electron chi connectivity index (χ4n) is 1.38. The van der Waals surface area contributed by atoms with Crippen LogP contribution in [0.3, 0.4) is 0 Å². The van der Waals surface area contributed by atoms with Crippen molar-refractivity contribution in [2.45, 2.75) is 25.5 Å². The topological polar surface area (TPSA) is 56.1 Å². The van der Waals surface area contributed by atoms with Crippen LogP contribution in [0.5, 0.6) is 0 Å². The summed E-state index contributed by atoms with van der Waals surface area (Å²) in [5.74, 6) is 0. The van der Waals surface area contributed by atoms with Gasteiger partial charge in [0.2, 0.25) is 5.54 Å². The molecule has 1 aliphatic rings. The Kier molecular flexibility index (Phi) is 2.13. The molecule has 1 heterocycles. The molecule has 0 aliphatic carbocycles. The summed E-state index contributed by atoms with van der Waals surface area (Å²) in [6.45, 7) is 4.23. The Labute approximate surface area is 72.5 Å². The fourth-order valence-corrected chi connectivity index (χ4v) is 1.38. The summed E-state index contributed by atoms with van der Waals surface area (Å²) in [4.78, 5) is 0. The lowest BCUT2D eigenvalue weighted by atomic mass is 9.93. The number of quaternary nitrogens is 1. The first-order valence-electron chi connectivity index (χ1n) is 4.03. The molecule has 0 spiro atoms. The van der Waals surface area contributed by atoms with Crippen molar-refractivity contribution < 1.29 is 9.38 Å². The fraction of sp³-hybridized carbons (Fsp3) is 0.875. The summed E-state index contributed by atoms with van der Waals surface area (Å²) in [6.07, 6.45) is -0.293. The third-order valence-electron chi connectivity index (χ3n) is 2.89. The smallest absolute Gasteiger partial charge is 0.208 e. The lowest BCUT2D eigenvalue weighted by molar-refractivity contribution is -0.916. The number of likely N-dealkylation sites (N-methyl/N-ethyl adjacent to an activating group) is 1. The molecular formula is C8H14N2O2. The van der Waals surface area contributed by atoms with E-state index in [0.29, 0.717) is 13.2 Å². The normalized spacial score (nSPS) is 48.4. The summed E-state index contributed by atoms with van der Waals surface area (Å²) in [5.41, 5.74) is -0.960. The van der Waals surface area contributed by atoms with E-state index in [2.05, 4.69) is 6.07 Å². The zero-order valence-electron chi connectivity index (χ0n) is 7.70. The Morgan fingerprint density at radius 3 is 2.67 bits per heavy atom. The lowest BCUT2D eigenvalue weighted by Crippen LogP contribution is -2.66. The van der Waals surface area contributed by atoms with E-state index in [-0.39, 0.29) is 6.10 Å². The maximum absolute atomic E-state index is 11.9. The Morgan fingerprint density at radius 2 is 2.33 bits per heavy atom. The maximum atomic E-state index is 11.9. The predicted molar refractivity (Wildman–Crippen MR) is 43.9 cm³/mol. The number of nitriles is 1. The maximum Gasteiger partial charge on any atom is 0.208 e. The minimum atomic E-state index is -0.960. The van der Waals surface area contributed by atoms with Gasteiger partial charge < -0.3 is 14.6 Å². The van der Waals surface area contributed by atoms with E-state index in [0.717, 1.165) is 0 Å². The first-order chi connectivity index (χ1) is 5.44. The van der Waals surface area contributed by atoms with E-state index < -0.39 is 10.2 Å². The molecule has 0 N–H and O–H groups in total. The summed E-state index contributed by atoms with van der Waals surface area (Å²) in [5, 5.41) is 20.8. The molecule has 0 bridgehead atoms. The quantitative estimate of drug-likeness (QED) is 0.396. The van der Waals surface area contributed by atoms with E-state index >= 15 is 0 Å². The molecule has 1 rings (SSSR count).